The molecular weight excluding hydrogens is 405 g/mol. The fourth-order valence-corrected chi connectivity index (χ4v) is 3.43. The van der Waals surface area contributed by atoms with E-state index in [0.29, 0.717) is 0 Å². The average Bonchev–Trinajstić information content (AvgIpc) is 3.02. The van der Waals surface area contributed by atoms with E-state index in [9.17, 15) is 0 Å². The summed E-state index contributed by atoms with van der Waals surface area (Å²) in [7, 11) is 6.26. The molecule has 2 heterocycles. The van der Waals surface area contributed by atoms with Crippen molar-refractivity contribution < 1.29 is 0 Å². The molecular formula is C22H27Cl2N5. The van der Waals surface area contributed by atoms with Crippen LogP contribution in [0.3, 0.4) is 0 Å². The van der Waals surface area contributed by atoms with Crippen molar-refractivity contribution in [3.8, 4) is 11.5 Å². The third-order valence-electron chi connectivity index (χ3n) is 4.86. The first kappa shape index (κ1) is 22.9. The van der Waals surface area contributed by atoms with Crippen LogP contribution in [-0.2, 0) is 7.05 Å². The van der Waals surface area contributed by atoms with E-state index >= 15 is 0 Å². The maximum absolute atomic E-state index is 4.89. The number of nitrogens with one attached hydrogen (secondary N) is 1. The molecule has 0 fully saturated rings. The second-order valence-electron chi connectivity index (χ2n) is 7.14. The van der Waals surface area contributed by atoms with Gasteiger partial charge in [-0.25, -0.2) is 9.97 Å². The molecule has 2 aromatic heterocycles. The van der Waals surface area contributed by atoms with Crippen LogP contribution in [0.1, 0.15) is 6.42 Å². The third-order valence-corrected chi connectivity index (χ3v) is 4.86. The van der Waals surface area contributed by atoms with E-state index in [-0.39, 0.29) is 24.8 Å². The zero-order chi connectivity index (χ0) is 18.8. The van der Waals surface area contributed by atoms with Crippen molar-refractivity contribution in [3.63, 3.8) is 0 Å². The van der Waals surface area contributed by atoms with Gasteiger partial charge in [0.2, 0.25) is 0 Å². The zero-order valence-electron chi connectivity index (χ0n) is 16.9. The van der Waals surface area contributed by atoms with Crippen LogP contribution >= 0.6 is 24.8 Å². The SMILES string of the molecule is CN(C)CCCNc1nc(-c2cc3ccccc3n2C)nc2ccccc12.Cl.Cl. The van der Waals surface area contributed by atoms with Crippen LogP contribution in [0.2, 0.25) is 0 Å². The van der Waals surface area contributed by atoms with Gasteiger partial charge in [-0.15, -0.1) is 24.8 Å². The molecule has 0 saturated heterocycles. The Morgan fingerprint density at radius 3 is 2.45 bits per heavy atom. The summed E-state index contributed by atoms with van der Waals surface area (Å²) in [6.45, 7) is 1.93. The molecule has 29 heavy (non-hydrogen) atoms. The van der Waals surface area contributed by atoms with Gasteiger partial charge < -0.3 is 14.8 Å². The molecule has 0 bridgehead atoms. The zero-order valence-corrected chi connectivity index (χ0v) is 18.6. The van der Waals surface area contributed by atoms with Gasteiger partial charge in [0, 0.05) is 29.9 Å². The lowest BCUT2D eigenvalue weighted by Crippen LogP contribution is -2.17. The van der Waals surface area contributed by atoms with Crippen LogP contribution in [-0.4, -0.2) is 46.6 Å². The van der Waals surface area contributed by atoms with E-state index in [1.165, 1.54) is 10.9 Å². The van der Waals surface area contributed by atoms with Gasteiger partial charge >= 0.3 is 0 Å². The molecule has 4 aromatic rings. The third kappa shape index (κ3) is 4.81. The molecule has 0 atom stereocenters. The number of benzene rings is 2. The molecule has 0 saturated carbocycles. The summed E-state index contributed by atoms with van der Waals surface area (Å²) in [4.78, 5) is 11.9. The smallest absolute Gasteiger partial charge is 0.178 e. The monoisotopic (exact) mass is 431 g/mol. The minimum absolute atomic E-state index is 0. The molecule has 0 unspecified atom stereocenters. The lowest BCUT2D eigenvalue weighted by atomic mass is 10.2. The Balaban J connectivity index is 0.00000150. The van der Waals surface area contributed by atoms with E-state index in [0.717, 1.165) is 47.7 Å². The summed E-state index contributed by atoms with van der Waals surface area (Å²) in [6.07, 6.45) is 1.06. The number of anilines is 1. The van der Waals surface area contributed by atoms with Crippen LogP contribution < -0.4 is 5.32 Å². The Bertz CT molecular complexity index is 1090. The van der Waals surface area contributed by atoms with Crippen molar-refractivity contribution in [1.82, 2.24) is 19.4 Å². The van der Waals surface area contributed by atoms with Gasteiger partial charge in [0.05, 0.1) is 11.2 Å². The first-order chi connectivity index (χ1) is 13.1. The number of para-hydroxylation sites is 2. The highest BCUT2D eigenvalue weighted by Gasteiger charge is 2.13. The highest BCUT2D eigenvalue weighted by atomic mass is 35.5. The predicted octanol–water partition coefficient (Wildman–Crippen LogP) is 5.00. The van der Waals surface area contributed by atoms with Crippen molar-refractivity contribution in [3.05, 3.63) is 54.6 Å². The predicted molar refractivity (Wildman–Crippen MR) is 128 cm³/mol. The highest BCUT2D eigenvalue weighted by molar-refractivity contribution is 5.92. The summed E-state index contributed by atoms with van der Waals surface area (Å²) in [5.74, 6) is 1.65. The van der Waals surface area contributed by atoms with Crippen LogP contribution in [0.4, 0.5) is 5.82 Å². The van der Waals surface area contributed by atoms with Crippen molar-refractivity contribution in [2.24, 2.45) is 7.05 Å². The maximum Gasteiger partial charge on any atom is 0.178 e. The molecule has 154 valence electrons. The van der Waals surface area contributed by atoms with Gasteiger partial charge in [0.15, 0.2) is 5.82 Å². The van der Waals surface area contributed by atoms with E-state index in [2.05, 4.69) is 72.3 Å². The standard InChI is InChI=1S/C22H25N5.2ClH/c1-26(2)14-8-13-23-21-17-10-5-6-11-18(17)24-22(25-21)20-15-16-9-4-7-12-19(16)27(20)3;;/h4-7,9-12,15H,8,13-14H2,1-3H3,(H,23,24,25);2*1H. The number of rotatable bonds is 6. The first-order valence-corrected chi connectivity index (χ1v) is 9.34. The van der Waals surface area contributed by atoms with E-state index in [1.54, 1.807) is 0 Å². The van der Waals surface area contributed by atoms with Gasteiger partial charge in [-0.05, 0) is 51.3 Å². The molecule has 0 aliphatic heterocycles. The topological polar surface area (TPSA) is 46.0 Å². The van der Waals surface area contributed by atoms with Crippen molar-refractivity contribution in [2.75, 3.05) is 32.5 Å². The van der Waals surface area contributed by atoms with Crippen LogP contribution in [0, 0.1) is 0 Å². The number of aromatic nitrogens is 3. The van der Waals surface area contributed by atoms with Crippen LogP contribution in [0.15, 0.2) is 54.6 Å². The number of nitrogens with zero attached hydrogens (tertiary/aromatic N) is 4. The van der Waals surface area contributed by atoms with Gasteiger partial charge in [0.25, 0.3) is 0 Å². The van der Waals surface area contributed by atoms with Gasteiger partial charge in [0.1, 0.15) is 5.82 Å². The molecule has 0 spiro atoms. The van der Waals surface area contributed by atoms with E-state index in [4.69, 9.17) is 9.97 Å². The normalized spacial score (nSPS) is 10.8. The molecule has 0 radical (unpaired) electrons. The molecule has 0 aliphatic carbocycles. The van der Waals surface area contributed by atoms with Crippen molar-refractivity contribution in [1.29, 1.82) is 0 Å². The molecule has 7 heteroatoms. The fourth-order valence-electron chi connectivity index (χ4n) is 3.43. The first-order valence-electron chi connectivity index (χ1n) is 9.34. The van der Waals surface area contributed by atoms with E-state index in [1.807, 2.05) is 18.2 Å². The van der Waals surface area contributed by atoms with E-state index < -0.39 is 0 Å². The Morgan fingerprint density at radius 2 is 1.69 bits per heavy atom. The van der Waals surface area contributed by atoms with Crippen LogP contribution in [0.25, 0.3) is 33.3 Å². The summed E-state index contributed by atoms with van der Waals surface area (Å²) in [5.41, 5.74) is 3.17. The lowest BCUT2D eigenvalue weighted by molar-refractivity contribution is 0.405. The molecule has 0 amide bonds. The van der Waals surface area contributed by atoms with Crippen LogP contribution in [0.5, 0.6) is 0 Å². The minimum Gasteiger partial charge on any atom is -0.369 e. The summed E-state index contributed by atoms with van der Waals surface area (Å²) >= 11 is 0. The molecule has 1 N–H and O–H groups in total. The Labute approximate surface area is 184 Å². The fraction of sp³-hybridized carbons (Fsp3) is 0.273. The molecule has 0 aliphatic rings. The number of aryl methyl sites for hydroxylation is 1. The number of hydrogen-bond acceptors (Lipinski definition) is 4. The lowest BCUT2D eigenvalue weighted by Gasteiger charge is -2.13. The molecule has 2 aromatic carbocycles. The minimum atomic E-state index is 0. The summed E-state index contributed by atoms with van der Waals surface area (Å²) in [5, 5.41) is 5.78. The van der Waals surface area contributed by atoms with Gasteiger partial charge in [-0.2, -0.15) is 0 Å². The number of hydrogen-bond donors (Lipinski definition) is 1. The molecule has 4 rings (SSSR count). The Morgan fingerprint density at radius 1 is 0.966 bits per heavy atom. The average molecular weight is 432 g/mol. The van der Waals surface area contributed by atoms with Gasteiger partial charge in [-0.1, -0.05) is 30.3 Å². The molecule has 5 nitrogen and oxygen atoms in total. The number of fused-ring (bicyclic) bond motifs is 2. The maximum atomic E-state index is 4.89. The quantitative estimate of drug-likeness (QED) is 0.436. The van der Waals surface area contributed by atoms with Gasteiger partial charge in [-0.3, -0.25) is 0 Å². The second-order valence-corrected chi connectivity index (χ2v) is 7.14. The summed E-state index contributed by atoms with van der Waals surface area (Å²) < 4.78 is 2.16. The Hall–Kier alpha value is -2.34. The second kappa shape index (κ2) is 9.92. The number of halogens is 2. The Kier molecular flexibility index (Phi) is 7.85. The largest absolute Gasteiger partial charge is 0.369 e. The summed E-state index contributed by atoms with van der Waals surface area (Å²) in [6, 6.07) is 18.7. The van der Waals surface area contributed by atoms with Crippen molar-refractivity contribution in [2.45, 2.75) is 6.42 Å². The highest BCUT2D eigenvalue weighted by Crippen LogP contribution is 2.28. The van der Waals surface area contributed by atoms with Crippen molar-refractivity contribution >= 4 is 52.4 Å².